The Morgan fingerprint density at radius 1 is 1.18 bits per heavy atom. The van der Waals surface area contributed by atoms with E-state index < -0.39 is 23.5 Å². The molecule has 1 aliphatic rings. The number of carbonyl (C=O) groups excluding carboxylic acids is 2. The summed E-state index contributed by atoms with van der Waals surface area (Å²) in [5, 5.41) is 5.09. The summed E-state index contributed by atoms with van der Waals surface area (Å²) in [6.45, 7) is 0. The number of anilines is 2. The van der Waals surface area contributed by atoms with Crippen LogP contribution in [0.4, 0.5) is 20.2 Å². The molecule has 2 amide bonds. The largest absolute Gasteiger partial charge is 0.326 e. The van der Waals surface area contributed by atoms with Gasteiger partial charge in [-0.2, -0.15) is 0 Å². The van der Waals surface area contributed by atoms with E-state index in [1.54, 1.807) is 24.3 Å². The van der Waals surface area contributed by atoms with Crippen LogP contribution in [0.5, 0.6) is 0 Å². The Morgan fingerprint density at radius 2 is 1.95 bits per heavy atom. The van der Waals surface area contributed by atoms with Crippen LogP contribution in [0, 0.1) is 11.6 Å². The van der Waals surface area contributed by atoms with Gasteiger partial charge in [0.25, 0.3) is 0 Å². The third-order valence-corrected chi connectivity index (χ3v) is 3.51. The van der Waals surface area contributed by atoms with Crippen molar-refractivity contribution in [2.75, 3.05) is 10.6 Å². The van der Waals surface area contributed by atoms with Crippen molar-refractivity contribution in [2.45, 2.75) is 12.3 Å². The second-order valence-corrected chi connectivity index (χ2v) is 5.01. The zero-order valence-electron chi connectivity index (χ0n) is 11.4. The van der Waals surface area contributed by atoms with Gasteiger partial charge in [-0.25, -0.2) is 8.78 Å². The van der Waals surface area contributed by atoms with E-state index in [1.807, 2.05) is 0 Å². The van der Waals surface area contributed by atoms with Gasteiger partial charge in [0.2, 0.25) is 11.8 Å². The first-order valence-electron chi connectivity index (χ1n) is 6.69. The number of fused-ring (bicyclic) bond motifs is 1. The zero-order valence-corrected chi connectivity index (χ0v) is 11.4. The van der Waals surface area contributed by atoms with Gasteiger partial charge in [0.05, 0.1) is 11.6 Å². The Labute approximate surface area is 125 Å². The van der Waals surface area contributed by atoms with E-state index in [2.05, 4.69) is 10.6 Å². The van der Waals surface area contributed by atoms with Crippen molar-refractivity contribution in [3.05, 3.63) is 59.7 Å². The highest BCUT2D eigenvalue weighted by atomic mass is 19.1. The van der Waals surface area contributed by atoms with E-state index in [0.29, 0.717) is 17.3 Å². The summed E-state index contributed by atoms with van der Waals surface area (Å²) in [6.07, 6.45) is -0.0222. The Morgan fingerprint density at radius 3 is 2.73 bits per heavy atom. The number of halogens is 2. The minimum Gasteiger partial charge on any atom is -0.326 e. The predicted octanol–water partition coefficient (Wildman–Crippen LogP) is 3.03. The van der Waals surface area contributed by atoms with Crippen molar-refractivity contribution in [2.24, 2.45) is 0 Å². The molecule has 22 heavy (non-hydrogen) atoms. The minimum absolute atomic E-state index is 0.0222. The quantitative estimate of drug-likeness (QED) is 0.896. The van der Waals surface area contributed by atoms with Crippen LogP contribution in [0.2, 0.25) is 0 Å². The van der Waals surface area contributed by atoms with Crippen molar-refractivity contribution in [1.29, 1.82) is 0 Å². The summed E-state index contributed by atoms with van der Waals surface area (Å²) < 4.78 is 26.5. The van der Waals surface area contributed by atoms with E-state index in [1.165, 1.54) is 0 Å². The number of amides is 2. The molecule has 2 aromatic rings. The molecule has 0 aromatic heterocycles. The van der Waals surface area contributed by atoms with E-state index in [-0.39, 0.29) is 18.0 Å². The first-order chi connectivity index (χ1) is 10.5. The second kappa shape index (κ2) is 5.55. The molecule has 0 bridgehead atoms. The van der Waals surface area contributed by atoms with Gasteiger partial charge in [-0.05, 0) is 23.8 Å². The van der Waals surface area contributed by atoms with E-state index >= 15 is 0 Å². The summed E-state index contributed by atoms with van der Waals surface area (Å²) in [5.74, 6) is -3.08. The molecule has 0 unspecified atom stereocenters. The summed E-state index contributed by atoms with van der Waals surface area (Å²) >= 11 is 0. The van der Waals surface area contributed by atoms with Crippen LogP contribution in [-0.2, 0) is 9.59 Å². The van der Waals surface area contributed by atoms with Gasteiger partial charge in [-0.1, -0.05) is 18.2 Å². The molecule has 3 rings (SSSR count). The zero-order chi connectivity index (χ0) is 15.7. The van der Waals surface area contributed by atoms with Crippen molar-refractivity contribution in [3.63, 3.8) is 0 Å². The number of hydrogen-bond acceptors (Lipinski definition) is 2. The fourth-order valence-electron chi connectivity index (χ4n) is 2.46. The van der Waals surface area contributed by atoms with Gasteiger partial charge < -0.3 is 10.6 Å². The maximum atomic E-state index is 13.6. The number of carbonyl (C=O) groups is 2. The third kappa shape index (κ3) is 2.67. The lowest BCUT2D eigenvalue weighted by Gasteiger charge is -2.24. The molecule has 0 fully saturated rings. The number of rotatable bonds is 2. The molecular formula is C16H12F2N2O2. The SMILES string of the molecule is O=C1C[C@@H](C(=O)Nc2ccc(F)cc2F)c2ccccc2N1. The molecule has 1 aliphatic heterocycles. The number of nitrogens with one attached hydrogen (secondary N) is 2. The molecule has 0 saturated heterocycles. The van der Waals surface area contributed by atoms with Crippen LogP contribution in [0.25, 0.3) is 0 Å². The molecule has 0 aliphatic carbocycles. The van der Waals surface area contributed by atoms with E-state index in [4.69, 9.17) is 0 Å². The molecule has 6 heteroatoms. The fourth-order valence-corrected chi connectivity index (χ4v) is 2.46. The Bertz CT molecular complexity index is 762. The normalized spacial score (nSPS) is 16.6. The molecule has 1 atom stereocenters. The van der Waals surface area contributed by atoms with Crippen molar-refractivity contribution >= 4 is 23.2 Å². The Kier molecular flexibility index (Phi) is 3.58. The number of hydrogen-bond donors (Lipinski definition) is 2. The van der Waals surface area contributed by atoms with Crippen molar-refractivity contribution in [3.8, 4) is 0 Å². The van der Waals surface area contributed by atoms with Crippen LogP contribution < -0.4 is 10.6 Å². The lowest BCUT2D eigenvalue weighted by Crippen LogP contribution is -2.30. The van der Waals surface area contributed by atoms with Crippen molar-refractivity contribution < 1.29 is 18.4 Å². The van der Waals surface area contributed by atoms with Gasteiger partial charge in [0, 0.05) is 18.2 Å². The molecule has 112 valence electrons. The van der Waals surface area contributed by atoms with Crippen LogP contribution in [-0.4, -0.2) is 11.8 Å². The van der Waals surface area contributed by atoms with Crippen LogP contribution in [0.3, 0.4) is 0 Å². The first-order valence-corrected chi connectivity index (χ1v) is 6.69. The average molecular weight is 302 g/mol. The van der Waals surface area contributed by atoms with Gasteiger partial charge in [-0.3, -0.25) is 9.59 Å². The van der Waals surface area contributed by atoms with Crippen LogP contribution in [0.15, 0.2) is 42.5 Å². The maximum absolute atomic E-state index is 13.6. The molecule has 1 heterocycles. The topological polar surface area (TPSA) is 58.2 Å². The molecule has 0 spiro atoms. The lowest BCUT2D eigenvalue weighted by molar-refractivity contribution is -0.123. The Balaban J connectivity index is 1.88. The summed E-state index contributed by atoms with van der Waals surface area (Å²) in [7, 11) is 0. The highest BCUT2D eigenvalue weighted by Gasteiger charge is 2.30. The Hall–Kier alpha value is -2.76. The minimum atomic E-state index is -0.859. The molecule has 0 saturated carbocycles. The lowest BCUT2D eigenvalue weighted by atomic mass is 9.90. The molecule has 4 nitrogen and oxygen atoms in total. The second-order valence-electron chi connectivity index (χ2n) is 5.01. The van der Waals surface area contributed by atoms with Crippen molar-refractivity contribution in [1.82, 2.24) is 0 Å². The van der Waals surface area contributed by atoms with E-state index in [0.717, 1.165) is 12.1 Å². The van der Waals surface area contributed by atoms with Gasteiger partial charge in [-0.15, -0.1) is 0 Å². The smallest absolute Gasteiger partial charge is 0.232 e. The maximum Gasteiger partial charge on any atom is 0.232 e. The highest BCUT2D eigenvalue weighted by Crippen LogP contribution is 2.33. The summed E-state index contributed by atoms with van der Waals surface area (Å²) in [5.41, 5.74) is 1.12. The highest BCUT2D eigenvalue weighted by molar-refractivity contribution is 6.05. The standard InChI is InChI=1S/C16H12F2N2O2/c17-9-5-6-14(12(18)7-9)20-16(22)11-8-15(21)19-13-4-2-1-3-10(11)13/h1-7,11H,8H2,(H,19,21)(H,20,22)/t11-/m1/s1. The molecule has 0 radical (unpaired) electrons. The fraction of sp³-hybridized carbons (Fsp3) is 0.125. The summed E-state index contributed by atoms with van der Waals surface area (Å²) in [6, 6.07) is 9.84. The summed E-state index contributed by atoms with van der Waals surface area (Å²) in [4.78, 5) is 24.1. The van der Waals surface area contributed by atoms with Gasteiger partial charge >= 0.3 is 0 Å². The first kappa shape index (κ1) is 14.2. The third-order valence-electron chi connectivity index (χ3n) is 3.51. The van der Waals surface area contributed by atoms with Crippen LogP contribution in [0.1, 0.15) is 17.9 Å². The van der Waals surface area contributed by atoms with Crippen LogP contribution >= 0.6 is 0 Å². The molecule has 2 aromatic carbocycles. The predicted molar refractivity (Wildman–Crippen MR) is 77.4 cm³/mol. The van der Waals surface area contributed by atoms with Gasteiger partial charge in [0.1, 0.15) is 11.6 Å². The average Bonchev–Trinajstić information content (AvgIpc) is 2.49. The van der Waals surface area contributed by atoms with Gasteiger partial charge in [0.15, 0.2) is 0 Å². The van der Waals surface area contributed by atoms with E-state index in [9.17, 15) is 18.4 Å². The molecular weight excluding hydrogens is 290 g/mol. The number of para-hydroxylation sites is 1. The monoisotopic (exact) mass is 302 g/mol. The number of benzene rings is 2. The molecule has 2 N–H and O–H groups in total.